The summed E-state index contributed by atoms with van der Waals surface area (Å²) in [6.07, 6.45) is 5.69. The predicted octanol–water partition coefficient (Wildman–Crippen LogP) is 2.71. The lowest BCUT2D eigenvalue weighted by Crippen LogP contribution is -2.48. The molecule has 0 aromatic rings. The highest BCUT2D eigenvalue weighted by molar-refractivity contribution is 5.79. The maximum atomic E-state index is 12.2. The first kappa shape index (κ1) is 15.5. The zero-order valence-corrected chi connectivity index (χ0v) is 12.5. The molecule has 0 aromatic heterocycles. The molecule has 0 saturated carbocycles. The number of hydrogen-bond donors (Lipinski definition) is 2. The van der Waals surface area contributed by atoms with E-state index in [-0.39, 0.29) is 11.8 Å². The molecule has 1 amide bonds. The lowest BCUT2D eigenvalue weighted by atomic mass is 9.91. The van der Waals surface area contributed by atoms with Crippen LogP contribution in [-0.2, 0) is 4.79 Å². The van der Waals surface area contributed by atoms with Crippen molar-refractivity contribution < 1.29 is 4.79 Å². The van der Waals surface area contributed by atoms with Gasteiger partial charge in [-0.2, -0.15) is 0 Å². The largest absolute Gasteiger partial charge is 0.353 e. The smallest absolute Gasteiger partial charge is 0.224 e. The maximum Gasteiger partial charge on any atom is 0.224 e. The van der Waals surface area contributed by atoms with Crippen molar-refractivity contribution in [3.63, 3.8) is 0 Å². The van der Waals surface area contributed by atoms with Crippen LogP contribution in [-0.4, -0.2) is 24.5 Å². The Labute approximate surface area is 112 Å². The van der Waals surface area contributed by atoms with Gasteiger partial charge in [-0.25, -0.2) is 0 Å². The molecule has 106 valence electrons. The van der Waals surface area contributed by atoms with Crippen LogP contribution < -0.4 is 10.6 Å². The summed E-state index contributed by atoms with van der Waals surface area (Å²) in [5.74, 6) is 1.16. The van der Waals surface area contributed by atoms with Gasteiger partial charge < -0.3 is 10.6 Å². The molecular formula is C15H30N2O. The van der Waals surface area contributed by atoms with Gasteiger partial charge in [-0.15, -0.1) is 0 Å². The quantitative estimate of drug-likeness (QED) is 0.765. The molecule has 3 unspecified atom stereocenters. The molecule has 1 heterocycles. The van der Waals surface area contributed by atoms with Crippen molar-refractivity contribution in [3.8, 4) is 0 Å². The Hall–Kier alpha value is -0.570. The highest BCUT2D eigenvalue weighted by Gasteiger charge is 2.27. The summed E-state index contributed by atoms with van der Waals surface area (Å²) in [6, 6.07) is 0.631. The van der Waals surface area contributed by atoms with Gasteiger partial charge in [0.25, 0.3) is 0 Å². The van der Waals surface area contributed by atoms with Crippen LogP contribution in [0.3, 0.4) is 0 Å². The van der Waals surface area contributed by atoms with Crippen LogP contribution in [0.5, 0.6) is 0 Å². The van der Waals surface area contributed by atoms with E-state index in [4.69, 9.17) is 0 Å². The minimum Gasteiger partial charge on any atom is -0.353 e. The lowest BCUT2D eigenvalue weighted by Gasteiger charge is -2.30. The molecule has 0 aromatic carbocycles. The first-order valence-electron chi connectivity index (χ1n) is 7.54. The van der Waals surface area contributed by atoms with Gasteiger partial charge in [0.05, 0.1) is 5.92 Å². The van der Waals surface area contributed by atoms with Crippen molar-refractivity contribution in [2.24, 2.45) is 11.8 Å². The maximum absolute atomic E-state index is 12.2. The van der Waals surface area contributed by atoms with Crippen molar-refractivity contribution in [1.82, 2.24) is 10.6 Å². The van der Waals surface area contributed by atoms with Crippen molar-refractivity contribution in [1.29, 1.82) is 0 Å². The molecular weight excluding hydrogens is 224 g/mol. The normalized spacial score (nSPS) is 26.1. The molecule has 18 heavy (non-hydrogen) atoms. The fourth-order valence-corrected chi connectivity index (χ4v) is 2.66. The number of nitrogens with one attached hydrogen (secondary N) is 2. The molecule has 1 aliphatic heterocycles. The van der Waals surface area contributed by atoms with Crippen molar-refractivity contribution in [3.05, 3.63) is 0 Å². The fourth-order valence-electron chi connectivity index (χ4n) is 2.66. The van der Waals surface area contributed by atoms with Crippen LogP contribution >= 0.6 is 0 Å². The monoisotopic (exact) mass is 254 g/mol. The van der Waals surface area contributed by atoms with Crippen LogP contribution in [0.4, 0.5) is 0 Å². The molecule has 1 fully saturated rings. The topological polar surface area (TPSA) is 41.1 Å². The van der Waals surface area contributed by atoms with Crippen LogP contribution in [0, 0.1) is 11.8 Å². The number of amides is 1. The van der Waals surface area contributed by atoms with E-state index in [9.17, 15) is 4.79 Å². The fraction of sp³-hybridized carbons (Fsp3) is 0.933. The molecule has 1 aliphatic rings. The Morgan fingerprint density at radius 2 is 2.06 bits per heavy atom. The average Bonchev–Trinajstić information content (AvgIpc) is 2.28. The summed E-state index contributed by atoms with van der Waals surface area (Å²) < 4.78 is 0. The molecule has 0 aliphatic carbocycles. The van der Waals surface area contributed by atoms with Gasteiger partial charge in [0.2, 0.25) is 5.91 Å². The van der Waals surface area contributed by atoms with Crippen LogP contribution in [0.25, 0.3) is 0 Å². The Morgan fingerprint density at radius 3 is 2.67 bits per heavy atom. The summed E-state index contributed by atoms with van der Waals surface area (Å²) in [7, 11) is 0. The van der Waals surface area contributed by atoms with Crippen LogP contribution in [0.2, 0.25) is 0 Å². The summed E-state index contributed by atoms with van der Waals surface area (Å²) in [4.78, 5) is 12.2. The van der Waals surface area contributed by atoms with Crippen LogP contribution in [0.15, 0.2) is 0 Å². The van der Waals surface area contributed by atoms with Gasteiger partial charge in [-0.3, -0.25) is 4.79 Å². The van der Waals surface area contributed by atoms with Gasteiger partial charge in [0, 0.05) is 12.1 Å². The van der Waals surface area contributed by atoms with E-state index in [2.05, 4.69) is 38.3 Å². The van der Waals surface area contributed by atoms with Crippen LogP contribution in [0.1, 0.15) is 59.8 Å². The van der Waals surface area contributed by atoms with E-state index < -0.39 is 0 Å². The Kier molecular flexibility index (Phi) is 6.69. The zero-order chi connectivity index (χ0) is 13.5. The molecule has 2 N–H and O–H groups in total. The zero-order valence-electron chi connectivity index (χ0n) is 12.5. The lowest BCUT2D eigenvalue weighted by molar-refractivity contribution is -0.127. The van der Waals surface area contributed by atoms with E-state index in [1.165, 1.54) is 12.8 Å². The van der Waals surface area contributed by atoms with E-state index in [1.807, 2.05) is 0 Å². The Balaban J connectivity index is 2.25. The molecule has 0 radical (unpaired) electrons. The van der Waals surface area contributed by atoms with Crippen molar-refractivity contribution >= 4 is 5.91 Å². The SMILES string of the molecule is CC(C)CCCC(C)NC(=O)C1CCCNC1C. The van der Waals surface area contributed by atoms with Gasteiger partial charge in [-0.1, -0.05) is 26.7 Å². The highest BCUT2D eigenvalue weighted by Crippen LogP contribution is 2.17. The Morgan fingerprint density at radius 1 is 1.33 bits per heavy atom. The molecule has 1 rings (SSSR count). The third-order valence-electron chi connectivity index (χ3n) is 3.91. The molecule has 3 heteroatoms. The second kappa shape index (κ2) is 7.78. The van der Waals surface area contributed by atoms with Gasteiger partial charge in [-0.05, 0) is 45.6 Å². The summed E-state index contributed by atoms with van der Waals surface area (Å²) in [5, 5.41) is 6.56. The van der Waals surface area contributed by atoms with Gasteiger partial charge in [0.15, 0.2) is 0 Å². The van der Waals surface area contributed by atoms with E-state index in [0.717, 1.165) is 31.7 Å². The second-order valence-electron chi connectivity index (χ2n) is 6.23. The second-order valence-corrected chi connectivity index (χ2v) is 6.23. The number of hydrogen-bond acceptors (Lipinski definition) is 2. The van der Waals surface area contributed by atoms with E-state index in [1.54, 1.807) is 0 Å². The van der Waals surface area contributed by atoms with E-state index >= 15 is 0 Å². The first-order chi connectivity index (χ1) is 8.50. The number of carbonyl (C=O) groups excluding carboxylic acids is 1. The van der Waals surface area contributed by atoms with Gasteiger partial charge >= 0.3 is 0 Å². The summed E-state index contributed by atoms with van der Waals surface area (Å²) in [5.41, 5.74) is 0. The van der Waals surface area contributed by atoms with E-state index in [0.29, 0.717) is 12.1 Å². The first-order valence-corrected chi connectivity index (χ1v) is 7.54. The third kappa shape index (κ3) is 5.38. The molecule has 3 nitrogen and oxygen atoms in total. The molecule has 1 saturated heterocycles. The molecule has 3 atom stereocenters. The highest BCUT2D eigenvalue weighted by atomic mass is 16.2. The van der Waals surface area contributed by atoms with Gasteiger partial charge in [0.1, 0.15) is 0 Å². The van der Waals surface area contributed by atoms with Crippen molar-refractivity contribution in [2.75, 3.05) is 6.54 Å². The minimum absolute atomic E-state index is 0.159. The standard InChI is InChI=1S/C15H30N2O/c1-11(2)7-5-8-12(3)17-15(18)14-9-6-10-16-13(14)4/h11-14,16H,5-10H2,1-4H3,(H,17,18). The number of rotatable bonds is 6. The molecule has 0 spiro atoms. The third-order valence-corrected chi connectivity index (χ3v) is 3.91. The summed E-state index contributed by atoms with van der Waals surface area (Å²) >= 11 is 0. The number of piperidine rings is 1. The number of carbonyl (C=O) groups is 1. The Bertz CT molecular complexity index is 253. The average molecular weight is 254 g/mol. The van der Waals surface area contributed by atoms with Crippen molar-refractivity contribution in [2.45, 2.75) is 71.9 Å². The molecule has 0 bridgehead atoms. The summed E-state index contributed by atoms with van der Waals surface area (Å²) in [6.45, 7) is 9.79. The predicted molar refractivity (Wildman–Crippen MR) is 76.5 cm³/mol. The minimum atomic E-state index is 0.159.